The second-order valence-electron chi connectivity index (χ2n) is 5.54. The molecule has 1 unspecified atom stereocenters. The Hall–Kier alpha value is -1.03. The van der Waals surface area contributed by atoms with Gasteiger partial charge < -0.3 is 10.4 Å². The first-order valence-electron chi connectivity index (χ1n) is 6.77. The van der Waals surface area contributed by atoms with Gasteiger partial charge in [-0.25, -0.2) is 0 Å². The largest absolute Gasteiger partial charge is 0.394 e. The Morgan fingerprint density at radius 1 is 1.14 bits per heavy atom. The van der Waals surface area contributed by atoms with Crippen molar-refractivity contribution in [3.05, 3.63) is 62.6 Å². The van der Waals surface area contributed by atoms with Gasteiger partial charge in [0.2, 0.25) is 0 Å². The number of anilines is 1. The van der Waals surface area contributed by atoms with Crippen molar-refractivity contribution >= 4 is 33.2 Å². The molecule has 0 amide bonds. The van der Waals surface area contributed by atoms with E-state index in [9.17, 15) is 5.11 Å². The van der Waals surface area contributed by atoms with Crippen molar-refractivity contribution < 1.29 is 5.11 Å². The van der Waals surface area contributed by atoms with Gasteiger partial charge in [0.05, 0.1) is 17.2 Å². The number of hydrogen-bond acceptors (Lipinski definition) is 2. The van der Waals surface area contributed by atoms with Crippen LogP contribution in [0.1, 0.15) is 23.6 Å². The fraction of sp³-hybridized carbons (Fsp3) is 0.294. The minimum absolute atomic E-state index is 0.00422. The topological polar surface area (TPSA) is 32.3 Å². The Morgan fingerprint density at radius 3 is 2.43 bits per heavy atom. The van der Waals surface area contributed by atoms with Crippen LogP contribution in [0.3, 0.4) is 0 Å². The number of nitrogens with one attached hydrogen (secondary N) is 1. The van der Waals surface area contributed by atoms with E-state index in [1.165, 1.54) is 11.1 Å². The van der Waals surface area contributed by atoms with Crippen LogP contribution in [0.2, 0.25) is 5.02 Å². The number of benzene rings is 2. The highest BCUT2D eigenvalue weighted by molar-refractivity contribution is 9.10. The summed E-state index contributed by atoms with van der Waals surface area (Å²) >= 11 is 9.44. The van der Waals surface area contributed by atoms with Crippen LogP contribution in [0, 0.1) is 13.8 Å². The number of rotatable bonds is 4. The summed E-state index contributed by atoms with van der Waals surface area (Å²) in [4.78, 5) is 0. The van der Waals surface area contributed by atoms with E-state index in [-0.39, 0.29) is 6.61 Å². The molecule has 1 atom stereocenters. The average molecular weight is 369 g/mol. The van der Waals surface area contributed by atoms with Crippen LogP contribution in [-0.4, -0.2) is 11.7 Å². The predicted octanol–water partition coefficient (Wildman–Crippen LogP) is 5.04. The van der Waals surface area contributed by atoms with E-state index in [0.717, 1.165) is 15.7 Å². The molecule has 0 aliphatic carbocycles. The molecule has 2 aromatic carbocycles. The summed E-state index contributed by atoms with van der Waals surface area (Å²) in [5.41, 5.74) is 3.87. The molecule has 0 aliphatic heterocycles. The third-order valence-electron chi connectivity index (χ3n) is 3.80. The lowest BCUT2D eigenvalue weighted by Crippen LogP contribution is -2.36. The summed E-state index contributed by atoms with van der Waals surface area (Å²) < 4.78 is 0.828. The number of aliphatic hydroxyl groups excluding tert-OH is 1. The van der Waals surface area contributed by atoms with Crippen molar-refractivity contribution in [2.24, 2.45) is 0 Å². The van der Waals surface area contributed by atoms with Gasteiger partial charge in [-0.15, -0.1) is 0 Å². The molecule has 0 heterocycles. The molecule has 2 aromatic rings. The Morgan fingerprint density at radius 2 is 1.86 bits per heavy atom. The quantitative estimate of drug-likeness (QED) is 0.792. The van der Waals surface area contributed by atoms with Crippen LogP contribution in [-0.2, 0) is 5.54 Å². The molecular weight excluding hydrogens is 350 g/mol. The SMILES string of the molecule is Cc1ccc(C(C)(CO)Nc2ccc(Cl)c(Br)c2)cc1C. The smallest absolute Gasteiger partial charge is 0.0828 e. The third-order valence-corrected chi connectivity index (χ3v) is 5.01. The van der Waals surface area contributed by atoms with Crippen LogP contribution in [0.5, 0.6) is 0 Å². The van der Waals surface area contributed by atoms with E-state index in [0.29, 0.717) is 5.02 Å². The fourth-order valence-corrected chi connectivity index (χ4v) is 2.68. The summed E-state index contributed by atoms with van der Waals surface area (Å²) in [6.07, 6.45) is 0. The van der Waals surface area contributed by atoms with Crippen molar-refractivity contribution in [1.29, 1.82) is 0 Å². The van der Waals surface area contributed by atoms with Gasteiger partial charge >= 0.3 is 0 Å². The maximum absolute atomic E-state index is 9.88. The molecule has 0 saturated carbocycles. The standard InChI is InChI=1S/C17H19BrClNO/c1-11-4-5-13(8-12(11)2)17(3,10-21)20-14-6-7-16(19)15(18)9-14/h4-9,20-21H,10H2,1-3H3. The summed E-state index contributed by atoms with van der Waals surface area (Å²) in [5.74, 6) is 0. The maximum Gasteiger partial charge on any atom is 0.0828 e. The molecule has 4 heteroatoms. The monoisotopic (exact) mass is 367 g/mol. The van der Waals surface area contributed by atoms with Crippen LogP contribution < -0.4 is 5.32 Å². The van der Waals surface area contributed by atoms with Gasteiger partial charge in [0, 0.05) is 10.2 Å². The van der Waals surface area contributed by atoms with Crippen molar-refractivity contribution in [3.8, 4) is 0 Å². The van der Waals surface area contributed by atoms with Gasteiger partial charge in [-0.1, -0.05) is 29.8 Å². The van der Waals surface area contributed by atoms with Crippen LogP contribution in [0.15, 0.2) is 40.9 Å². The number of hydrogen-bond donors (Lipinski definition) is 2. The lowest BCUT2D eigenvalue weighted by molar-refractivity contribution is 0.224. The van der Waals surface area contributed by atoms with Gasteiger partial charge in [-0.3, -0.25) is 0 Å². The Balaban J connectivity index is 2.36. The molecule has 112 valence electrons. The van der Waals surface area contributed by atoms with E-state index in [1.54, 1.807) is 0 Å². The van der Waals surface area contributed by atoms with E-state index in [1.807, 2.05) is 25.1 Å². The summed E-state index contributed by atoms with van der Waals surface area (Å²) in [6, 6.07) is 11.9. The molecular formula is C17H19BrClNO. The summed E-state index contributed by atoms with van der Waals surface area (Å²) in [5, 5.41) is 13.9. The molecule has 2 nitrogen and oxygen atoms in total. The minimum Gasteiger partial charge on any atom is -0.394 e. The fourth-order valence-electron chi connectivity index (χ4n) is 2.18. The third kappa shape index (κ3) is 3.60. The second kappa shape index (κ2) is 6.39. The van der Waals surface area contributed by atoms with E-state index in [4.69, 9.17) is 11.6 Å². The molecule has 21 heavy (non-hydrogen) atoms. The normalized spacial score (nSPS) is 13.8. The molecule has 0 saturated heterocycles. The van der Waals surface area contributed by atoms with Gasteiger partial charge in [0.1, 0.15) is 0 Å². The molecule has 0 radical (unpaired) electrons. The predicted molar refractivity (Wildman–Crippen MR) is 93.1 cm³/mol. The average Bonchev–Trinajstić information content (AvgIpc) is 2.45. The molecule has 2 N–H and O–H groups in total. The van der Waals surface area contributed by atoms with Gasteiger partial charge in [0.15, 0.2) is 0 Å². The Labute approximate surface area is 139 Å². The highest BCUT2D eigenvalue weighted by Crippen LogP contribution is 2.31. The van der Waals surface area contributed by atoms with Gasteiger partial charge in [-0.2, -0.15) is 0 Å². The first-order valence-corrected chi connectivity index (χ1v) is 7.94. The van der Waals surface area contributed by atoms with E-state index in [2.05, 4.69) is 53.3 Å². The number of halogens is 2. The number of aryl methyl sites for hydroxylation is 2. The highest BCUT2D eigenvalue weighted by atomic mass is 79.9. The van der Waals surface area contributed by atoms with Crippen molar-refractivity contribution in [2.75, 3.05) is 11.9 Å². The Bertz CT molecular complexity index is 659. The maximum atomic E-state index is 9.88. The zero-order valence-electron chi connectivity index (χ0n) is 12.4. The zero-order chi connectivity index (χ0) is 15.6. The van der Waals surface area contributed by atoms with Crippen molar-refractivity contribution in [2.45, 2.75) is 26.3 Å². The van der Waals surface area contributed by atoms with E-state index >= 15 is 0 Å². The lowest BCUT2D eigenvalue weighted by atomic mass is 9.90. The number of aliphatic hydroxyl groups is 1. The molecule has 2 rings (SSSR count). The van der Waals surface area contributed by atoms with Crippen LogP contribution in [0.4, 0.5) is 5.69 Å². The summed E-state index contributed by atoms with van der Waals surface area (Å²) in [6.45, 7) is 6.14. The molecule has 0 aliphatic rings. The molecule has 0 fully saturated rings. The van der Waals surface area contributed by atoms with E-state index < -0.39 is 5.54 Å². The first-order chi connectivity index (χ1) is 9.85. The Kier molecular flexibility index (Phi) is 4.97. The summed E-state index contributed by atoms with van der Waals surface area (Å²) in [7, 11) is 0. The van der Waals surface area contributed by atoms with Crippen molar-refractivity contribution in [1.82, 2.24) is 0 Å². The van der Waals surface area contributed by atoms with Gasteiger partial charge in [0.25, 0.3) is 0 Å². The minimum atomic E-state index is -0.550. The van der Waals surface area contributed by atoms with Crippen molar-refractivity contribution in [3.63, 3.8) is 0 Å². The van der Waals surface area contributed by atoms with Crippen LogP contribution in [0.25, 0.3) is 0 Å². The second-order valence-corrected chi connectivity index (χ2v) is 6.80. The van der Waals surface area contributed by atoms with Crippen LogP contribution >= 0.6 is 27.5 Å². The lowest BCUT2D eigenvalue weighted by Gasteiger charge is -2.31. The first kappa shape index (κ1) is 16.3. The molecule has 0 aromatic heterocycles. The zero-order valence-corrected chi connectivity index (χ0v) is 14.7. The highest BCUT2D eigenvalue weighted by Gasteiger charge is 2.26. The molecule has 0 spiro atoms. The molecule has 0 bridgehead atoms. The van der Waals surface area contributed by atoms with Gasteiger partial charge in [-0.05, 0) is 71.6 Å².